The fourth-order valence-corrected chi connectivity index (χ4v) is 8.61. The van der Waals surface area contributed by atoms with Crippen molar-refractivity contribution >= 4 is 21.5 Å². The molecular weight excluding hydrogens is 548 g/mol. The van der Waals surface area contributed by atoms with Crippen LogP contribution in [0.4, 0.5) is 0 Å². The standard InChI is InChI=1S/C41H36N4/c1-26-15-28-16-27(2)23-41(22-26,24-28)37-18-29(25-42)17-36(21-37)40-44-38(34-13-11-30-7-3-5-9-32(30)19-34)43-39(45-40)35-14-12-31-8-4-6-10-33(31)20-35/h3-14,17-21,26-28H,15-16,22-24H2,1-2H3/t26-,27+,28-,41?. The summed E-state index contributed by atoms with van der Waals surface area (Å²) in [7, 11) is 0. The van der Waals surface area contributed by atoms with Crippen molar-refractivity contribution in [3.05, 3.63) is 114 Å². The Balaban J connectivity index is 1.32. The van der Waals surface area contributed by atoms with E-state index in [2.05, 4.69) is 117 Å². The summed E-state index contributed by atoms with van der Waals surface area (Å²) in [6.45, 7) is 4.81. The maximum atomic E-state index is 10.2. The third-order valence-electron chi connectivity index (χ3n) is 10.2. The fraction of sp³-hybridized carbons (Fsp3) is 0.268. The van der Waals surface area contributed by atoms with Crippen molar-refractivity contribution in [3.8, 4) is 40.2 Å². The molecule has 45 heavy (non-hydrogen) atoms. The third kappa shape index (κ3) is 5.17. The molecule has 4 heteroatoms. The molecule has 0 N–H and O–H groups in total. The second-order valence-corrected chi connectivity index (χ2v) is 13.8. The van der Waals surface area contributed by atoms with E-state index >= 15 is 0 Å². The molecule has 4 atom stereocenters. The number of hydrogen-bond acceptors (Lipinski definition) is 4. The number of nitriles is 1. The number of aromatic nitrogens is 3. The molecule has 2 saturated carbocycles. The van der Waals surface area contributed by atoms with Gasteiger partial charge in [-0.15, -0.1) is 0 Å². The summed E-state index contributed by atoms with van der Waals surface area (Å²) >= 11 is 0. The minimum Gasteiger partial charge on any atom is -0.208 e. The quantitative estimate of drug-likeness (QED) is 0.207. The van der Waals surface area contributed by atoms with E-state index in [1.54, 1.807) is 0 Å². The fourth-order valence-electron chi connectivity index (χ4n) is 8.61. The van der Waals surface area contributed by atoms with Crippen LogP contribution in [0.2, 0.25) is 0 Å². The molecule has 0 saturated heterocycles. The molecule has 220 valence electrons. The summed E-state index contributed by atoms with van der Waals surface area (Å²) < 4.78 is 0. The Labute approximate surface area is 264 Å². The Morgan fingerprint density at radius 3 is 1.62 bits per heavy atom. The highest BCUT2D eigenvalue weighted by Gasteiger charge is 2.45. The molecule has 6 aromatic rings. The predicted octanol–water partition coefficient (Wildman–Crippen LogP) is 10.2. The van der Waals surface area contributed by atoms with Gasteiger partial charge in [0.2, 0.25) is 0 Å². The van der Waals surface area contributed by atoms with Gasteiger partial charge in [-0.1, -0.05) is 86.6 Å². The summed E-state index contributed by atoms with van der Waals surface area (Å²) in [5.41, 5.74) is 4.82. The Hall–Kier alpha value is -4.88. The van der Waals surface area contributed by atoms with Crippen molar-refractivity contribution in [1.29, 1.82) is 5.26 Å². The van der Waals surface area contributed by atoms with Gasteiger partial charge in [0, 0.05) is 16.7 Å². The lowest BCUT2D eigenvalue weighted by molar-refractivity contribution is 0.0780. The predicted molar refractivity (Wildman–Crippen MR) is 182 cm³/mol. The molecule has 2 fully saturated rings. The summed E-state index contributed by atoms with van der Waals surface area (Å²) in [5.74, 6) is 3.99. The Bertz CT molecular complexity index is 2010. The van der Waals surface area contributed by atoms with Crippen molar-refractivity contribution in [2.45, 2.75) is 51.4 Å². The monoisotopic (exact) mass is 584 g/mol. The van der Waals surface area contributed by atoms with Gasteiger partial charge in [-0.3, -0.25) is 0 Å². The molecule has 2 bridgehead atoms. The molecule has 2 aliphatic carbocycles. The molecule has 4 nitrogen and oxygen atoms in total. The van der Waals surface area contributed by atoms with Crippen molar-refractivity contribution in [2.24, 2.45) is 17.8 Å². The van der Waals surface area contributed by atoms with Gasteiger partial charge in [-0.05, 0) is 113 Å². The van der Waals surface area contributed by atoms with E-state index in [0.717, 1.165) is 33.4 Å². The van der Waals surface area contributed by atoms with E-state index in [1.165, 1.54) is 48.4 Å². The lowest BCUT2D eigenvalue weighted by Gasteiger charge is -2.50. The van der Waals surface area contributed by atoms with Crippen LogP contribution in [-0.2, 0) is 5.41 Å². The van der Waals surface area contributed by atoms with E-state index < -0.39 is 0 Å². The Morgan fingerprint density at radius 1 is 0.578 bits per heavy atom. The molecule has 1 aromatic heterocycles. The van der Waals surface area contributed by atoms with Crippen LogP contribution < -0.4 is 0 Å². The average Bonchev–Trinajstić information content (AvgIpc) is 3.06. The van der Waals surface area contributed by atoms with E-state index in [-0.39, 0.29) is 5.41 Å². The summed E-state index contributed by atoms with van der Waals surface area (Å²) in [6.07, 6.45) is 6.18. The number of hydrogen-bond donors (Lipinski definition) is 0. The molecule has 8 rings (SSSR count). The first kappa shape index (κ1) is 27.7. The van der Waals surface area contributed by atoms with Crippen molar-refractivity contribution in [2.75, 3.05) is 0 Å². The van der Waals surface area contributed by atoms with Gasteiger partial charge >= 0.3 is 0 Å². The number of nitrogens with zero attached hydrogens (tertiary/aromatic N) is 4. The SMILES string of the molecule is C[C@@H]1C[C@@H]2C[C@H](C)CC(c3cc(C#N)cc(-c4nc(-c5ccc6ccccc6c5)nc(-c5ccc6ccccc6c5)n4)c3)(C1)C2. The molecule has 5 aromatic carbocycles. The highest BCUT2D eigenvalue weighted by molar-refractivity contribution is 5.88. The van der Waals surface area contributed by atoms with Crippen LogP contribution in [0.15, 0.2) is 103 Å². The molecule has 2 aliphatic rings. The van der Waals surface area contributed by atoms with Crippen LogP contribution in [0.1, 0.15) is 57.1 Å². The van der Waals surface area contributed by atoms with Gasteiger partial charge in [0.1, 0.15) is 0 Å². The van der Waals surface area contributed by atoms with Crippen molar-refractivity contribution in [3.63, 3.8) is 0 Å². The largest absolute Gasteiger partial charge is 0.208 e. The Morgan fingerprint density at radius 2 is 1.09 bits per heavy atom. The van der Waals surface area contributed by atoms with Crippen molar-refractivity contribution < 1.29 is 0 Å². The third-order valence-corrected chi connectivity index (χ3v) is 10.2. The van der Waals surface area contributed by atoms with Gasteiger partial charge in [-0.2, -0.15) is 5.26 Å². The lowest BCUT2D eigenvalue weighted by Crippen LogP contribution is -2.42. The van der Waals surface area contributed by atoms with Crippen LogP contribution in [-0.4, -0.2) is 15.0 Å². The molecule has 0 aliphatic heterocycles. The Kier molecular flexibility index (Phi) is 6.72. The highest BCUT2D eigenvalue weighted by Crippen LogP contribution is 2.54. The first-order valence-electron chi connectivity index (χ1n) is 16.3. The van der Waals surface area contributed by atoms with Crippen molar-refractivity contribution in [1.82, 2.24) is 15.0 Å². The zero-order valence-corrected chi connectivity index (χ0v) is 25.9. The minimum atomic E-state index is 0.0942. The van der Waals surface area contributed by atoms with Crippen LogP contribution in [0.5, 0.6) is 0 Å². The number of benzene rings is 5. The minimum absolute atomic E-state index is 0.0942. The topological polar surface area (TPSA) is 62.5 Å². The highest BCUT2D eigenvalue weighted by atomic mass is 15.0. The molecule has 1 heterocycles. The van der Waals surface area contributed by atoms with Crippen LogP contribution in [0.25, 0.3) is 55.7 Å². The molecular formula is C41H36N4. The van der Waals surface area contributed by atoms with E-state index in [9.17, 15) is 5.26 Å². The number of fused-ring (bicyclic) bond motifs is 4. The molecule has 0 amide bonds. The smallest absolute Gasteiger partial charge is 0.164 e. The first-order chi connectivity index (χ1) is 21.9. The zero-order valence-electron chi connectivity index (χ0n) is 25.9. The van der Waals surface area contributed by atoms with E-state index in [0.29, 0.717) is 34.9 Å². The second-order valence-electron chi connectivity index (χ2n) is 13.8. The summed E-state index contributed by atoms with van der Waals surface area (Å²) in [4.78, 5) is 15.3. The molecule has 0 spiro atoms. The van der Waals surface area contributed by atoms with Crippen LogP contribution in [0.3, 0.4) is 0 Å². The average molecular weight is 585 g/mol. The van der Waals surface area contributed by atoms with Gasteiger partial charge in [0.05, 0.1) is 11.6 Å². The molecule has 1 unspecified atom stereocenters. The lowest BCUT2D eigenvalue weighted by atomic mass is 9.54. The number of rotatable bonds is 4. The zero-order chi connectivity index (χ0) is 30.5. The van der Waals surface area contributed by atoms with E-state index in [1.807, 2.05) is 6.07 Å². The second kappa shape index (κ2) is 10.9. The van der Waals surface area contributed by atoms with Gasteiger partial charge in [0.15, 0.2) is 17.5 Å². The first-order valence-corrected chi connectivity index (χ1v) is 16.3. The maximum absolute atomic E-state index is 10.2. The van der Waals surface area contributed by atoms with E-state index in [4.69, 9.17) is 15.0 Å². The van der Waals surface area contributed by atoms with Gasteiger partial charge in [-0.25, -0.2) is 15.0 Å². The van der Waals surface area contributed by atoms with Crippen LogP contribution in [0, 0.1) is 29.1 Å². The van der Waals surface area contributed by atoms with Gasteiger partial charge < -0.3 is 0 Å². The van der Waals surface area contributed by atoms with Crippen LogP contribution >= 0.6 is 0 Å². The normalized spacial score (nSPS) is 22.7. The maximum Gasteiger partial charge on any atom is 0.164 e. The summed E-state index contributed by atoms with van der Waals surface area (Å²) in [6, 6.07) is 38.3. The molecule has 0 radical (unpaired) electrons. The summed E-state index contributed by atoms with van der Waals surface area (Å²) in [5, 5.41) is 14.9. The van der Waals surface area contributed by atoms with Gasteiger partial charge in [0.25, 0.3) is 0 Å².